The van der Waals surface area contributed by atoms with E-state index < -0.39 is 5.41 Å². The van der Waals surface area contributed by atoms with Crippen molar-refractivity contribution in [2.24, 2.45) is 0 Å². The van der Waals surface area contributed by atoms with Crippen LogP contribution in [0, 0.1) is 0 Å². The molecule has 0 N–H and O–H groups in total. The van der Waals surface area contributed by atoms with Gasteiger partial charge in [-0.15, -0.1) is 0 Å². The van der Waals surface area contributed by atoms with Crippen molar-refractivity contribution < 1.29 is 9.53 Å². The van der Waals surface area contributed by atoms with Crippen LogP contribution in [0.1, 0.15) is 23.5 Å². The standard InChI is InChI=1S/C17H16O2/c1-19-16(18)17(14-10-6-3-7-11-14)12-15(17)13-8-4-2-5-9-13/h2-11,15H,12H2,1H3/t15-,17-/m1/s1. The summed E-state index contributed by atoms with van der Waals surface area (Å²) in [5.41, 5.74) is 1.77. The summed E-state index contributed by atoms with van der Waals surface area (Å²) in [5, 5.41) is 0. The summed E-state index contributed by atoms with van der Waals surface area (Å²) >= 11 is 0. The average molecular weight is 252 g/mol. The molecule has 1 fully saturated rings. The van der Waals surface area contributed by atoms with Crippen molar-refractivity contribution in [1.29, 1.82) is 0 Å². The van der Waals surface area contributed by atoms with E-state index >= 15 is 0 Å². The zero-order chi connectivity index (χ0) is 13.3. The first-order chi connectivity index (χ1) is 9.29. The molecule has 19 heavy (non-hydrogen) atoms. The van der Waals surface area contributed by atoms with Crippen LogP contribution < -0.4 is 0 Å². The minimum absolute atomic E-state index is 0.132. The molecule has 0 bridgehead atoms. The Balaban J connectivity index is 2.01. The molecule has 0 radical (unpaired) electrons. The molecule has 0 aromatic heterocycles. The van der Waals surface area contributed by atoms with Crippen LogP contribution in [0.5, 0.6) is 0 Å². The minimum atomic E-state index is -0.489. The number of ether oxygens (including phenoxy) is 1. The Bertz CT molecular complexity index is 577. The van der Waals surface area contributed by atoms with Crippen LogP contribution in [0.4, 0.5) is 0 Å². The van der Waals surface area contributed by atoms with Crippen molar-refractivity contribution >= 4 is 5.97 Å². The zero-order valence-corrected chi connectivity index (χ0v) is 10.9. The first kappa shape index (κ1) is 12.0. The van der Waals surface area contributed by atoms with Gasteiger partial charge in [0.05, 0.1) is 7.11 Å². The van der Waals surface area contributed by atoms with Gasteiger partial charge in [-0.3, -0.25) is 4.79 Å². The highest BCUT2D eigenvalue weighted by Gasteiger charge is 2.62. The second kappa shape index (κ2) is 4.54. The van der Waals surface area contributed by atoms with E-state index in [2.05, 4.69) is 12.1 Å². The number of hydrogen-bond acceptors (Lipinski definition) is 2. The van der Waals surface area contributed by atoms with Crippen LogP contribution in [0.2, 0.25) is 0 Å². The predicted octanol–water partition coefficient (Wildman–Crippen LogP) is 3.28. The van der Waals surface area contributed by atoms with Gasteiger partial charge in [0.1, 0.15) is 5.41 Å². The Morgan fingerprint density at radius 1 is 1.05 bits per heavy atom. The molecule has 2 aromatic rings. The third-order valence-electron chi connectivity index (χ3n) is 4.00. The summed E-state index contributed by atoms with van der Waals surface area (Å²) in [4.78, 5) is 12.3. The lowest BCUT2D eigenvalue weighted by Crippen LogP contribution is -2.24. The molecule has 0 heterocycles. The van der Waals surface area contributed by atoms with Crippen molar-refractivity contribution in [3.8, 4) is 0 Å². The molecule has 0 saturated heterocycles. The van der Waals surface area contributed by atoms with Crippen molar-refractivity contribution in [2.75, 3.05) is 7.11 Å². The van der Waals surface area contributed by atoms with Crippen LogP contribution in [0.25, 0.3) is 0 Å². The van der Waals surface area contributed by atoms with Crippen LogP contribution in [-0.2, 0) is 14.9 Å². The number of carbonyl (C=O) groups excluding carboxylic acids is 1. The normalized spacial score (nSPS) is 24.8. The predicted molar refractivity (Wildman–Crippen MR) is 73.9 cm³/mol. The SMILES string of the molecule is COC(=O)[C@@]1(c2ccccc2)C[C@@H]1c1ccccc1. The van der Waals surface area contributed by atoms with Gasteiger partial charge in [-0.1, -0.05) is 60.7 Å². The van der Waals surface area contributed by atoms with Crippen molar-refractivity contribution in [1.82, 2.24) is 0 Å². The number of rotatable bonds is 3. The third-order valence-corrected chi connectivity index (χ3v) is 4.00. The molecular formula is C17H16O2. The lowest BCUT2D eigenvalue weighted by atomic mass is 9.91. The Morgan fingerprint density at radius 2 is 1.63 bits per heavy atom. The molecule has 3 rings (SSSR count). The van der Waals surface area contributed by atoms with Crippen molar-refractivity contribution in [3.05, 3.63) is 71.8 Å². The maximum absolute atomic E-state index is 12.3. The maximum Gasteiger partial charge on any atom is 0.316 e. The highest BCUT2D eigenvalue weighted by molar-refractivity contribution is 5.89. The molecule has 0 aliphatic heterocycles. The monoisotopic (exact) mass is 252 g/mol. The Hall–Kier alpha value is -2.09. The zero-order valence-electron chi connectivity index (χ0n) is 10.9. The summed E-state index contributed by atoms with van der Waals surface area (Å²) in [5.74, 6) is 0.0936. The molecular weight excluding hydrogens is 236 g/mol. The highest BCUT2D eigenvalue weighted by Crippen LogP contribution is 2.61. The molecule has 1 saturated carbocycles. The van der Waals surface area contributed by atoms with E-state index in [1.807, 2.05) is 48.5 Å². The lowest BCUT2D eigenvalue weighted by Gasteiger charge is -2.15. The molecule has 1 aliphatic rings. The third kappa shape index (κ3) is 1.84. The van der Waals surface area contributed by atoms with Gasteiger partial charge in [0.2, 0.25) is 0 Å². The van der Waals surface area contributed by atoms with Gasteiger partial charge in [-0.2, -0.15) is 0 Å². The Labute approximate surface area is 113 Å². The Morgan fingerprint density at radius 3 is 2.21 bits per heavy atom. The van der Waals surface area contributed by atoms with Gasteiger partial charge in [0.15, 0.2) is 0 Å². The molecule has 0 spiro atoms. The number of esters is 1. The molecule has 0 amide bonds. The van der Waals surface area contributed by atoms with Gasteiger partial charge in [0.25, 0.3) is 0 Å². The quantitative estimate of drug-likeness (QED) is 0.784. The summed E-state index contributed by atoms with van der Waals surface area (Å²) in [6.45, 7) is 0. The van der Waals surface area contributed by atoms with Gasteiger partial charge in [0, 0.05) is 5.92 Å². The number of benzene rings is 2. The van der Waals surface area contributed by atoms with E-state index in [9.17, 15) is 4.79 Å². The number of carbonyl (C=O) groups is 1. The molecule has 2 heteroatoms. The second-order valence-electron chi connectivity index (χ2n) is 5.00. The topological polar surface area (TPSA) is 26.3 Å². The number of hydrogen-bond donors (Lipinski definition) is 0. The Kier molecular flexibility index (Phi) is 2.86. The summed E-state index contributed by atoms with van der Waals surface area (Å²) in [6.07, 6.45) is 0.827. The maximum atomic E-state index is 12.3. The van der Waals surface area contributed by atoms with Gasteiger partial charge in [-0.05, 0) is 17.5 Å². The van der Waals surface area contributed by atoms with E-state index in [1.165, 1.54) is 12.7 Å². The smallest absolute Gasteiger partial charge is 0.316 e. The molecule has 2 atom stereocenters. The van der Waals surface area contributed by atoms with E-state index in [1.54, 1.807) is 0 Å². The summed E-state index contributed by atoms with van der Waals surface area (Å²) in [7, 11) is 1.47. The fourth-order valence-electron chi connectivity index (χ4n) is 2.93. The van der Waals surface area contributed by atoms with Crippen LogP contribution in [0.3, 0.4) is 0 Å². The first-order valence-electron chi connectivity index (χ1n) is 6.48. The van der Waals surface area contributed by atoms with Crippen molar-refractivity contribution in [3.63, 3.8) is 0 Å². The van der Waals surface area contributed by atoms with Crippen LogP contribution >= 0.6 is 0 Å². The fourth-order valence-corrected chi connectivity index (χ4v) is 2.93. The first-order valence-corrected chi connectivity index (χ1v) is 6.48. The van der Waals surface area contributed by atoms with Crippen LogP contribution in [0.15, 0.2) is 60.7 Å². The lowest BCUT2D eigenvalue weighted by molar-refractivity contribution is -0.143. The van der Waals surface area contributed by atoms with Gasteiger partial charge >= 0.3 is 5.97 Å². The van der Waals surface area contributed by atoms with E-state index in [-0.39, 0.29) is 11.9 Å². The van der Waals surface area contributed by atoms with Gasteiger partial charge < -0.3 is 4.74 Å². The fraction of sp³-hybridized carbons (Fsp3) is 0.235. The summed E-state index contributed by atoms with van der Waals surface area (Å²) < 4.78 is 5.04. The molecule has 2 aromatic carbocycles. The second-order valence-corrected chi connectivity index (χ2v) is 5.00. The minimum Gasteiger partial charge on any atom is -0.468 e. The van der Waals surface area contributed by atoms with Gasteiger partial charge in [-0.25, -0.2) is 0 Å². The molecule has 96 valence electrons. The largest absolute Gasteiger partial charge is 0.468 e. The number of methoxy groups -OCH3 is 1. The molecule has 1 aliphatic carbocycles. The molecule has 2 nitrogen and oxygen atoms in total. The van der Waals surface area contributed by atoms with E-state index in [4.69, 9.17) is 4.74 Å². The average Bonchev–Trinajstić information content (AvgIpc) is 3.25. The highest BCUT2D eigenvalue weighted by atomic mass is 16.5. The van der Waals surface area contributed by atoms with E-state index in [0.29, 0.717) is 0 Å². The summed E-state index contributed by atoms with van der Waals surface area (Å²) in [6, 6.07) is 20.1. The van der Waals surface area contributed by atoms with Crippen LogP contribution in [-0.4, -0.2) is 13.1 Å². The van der Waals surface area contributed by atoms with E-state index in [0.717, 1.165) is 12.0 Å². The molecule has 0 unspecified atom stereocenters. The van der Waals surface area contributed by atoms with Crippen molar-refractivity contribution in [2.45, 2.75) is 17.8 Å².